The third-order valence-corrected chi connectivity index (χ3v) is 6.17. The van der Waals surface area contributed by atoms with Gasteiger partial charge in [0.15, 0.2) is 10.9 Å². The van der Waals surface area contributed by atoms with Gasteiger partial charge in [0.2, 0.25) is 5.56 Å². The molecule has 9 nitrogen and oxygen atoms in total. The number of carbonyl (C=O) groups is 1. The molecule has 5 rings (SSSR count). The first-order valence-electron chi connectivity index (χ1n) is 10.9. The number of amides is 1. The van der Waals surface area contributed by atoms with E-state index in [-0.39, 0.29) is 17.6 Å². The molecule has 1 N–H and O–H groups in total. The number of carbonyl (C=O) groups excluding carboxylic acids is 1. The van der Waals surface area contributed by atoms with E-state index in [2.05, 4.69) is 14.9 Å². The van der Waals surface area contributed by atoms with Crippen molar-refractivity contribution in [1.82, 2.24) is 14.9 Å². The number of hydrogen-bond acceptors (Lipinski definition) is 7. The number of H-pyrrole nitrogens is 1. The van der Waals surface area contributed by atoms with Crippen LogP contribution in [0, 0.1) is 0 Å². The normalized spacial score (nSPS) is 17.2. The van der Waals surface area contributed by atoms with Gasteiger partial charge < -0.3 is 29.0 Å². The Balaban J connectivity index is 1.31. The highest BCUT2D eigenvalue weighted by atomic mass is 35.5. The average Bonchev–Trinajstić information content (AvgIpc) is 3.32. The zero-order valence-electron chi connectivity index (χ0n) is 18.5. The van der Waals surface area contributed by atoms with Crippen LogP contribution in [0.3, 0.4) is 0 Å². The first kappa shape index (κ1) is 22.1. The number of pyridine rings is 2. The summed E-state index contributed by atoms with van der Waals surface area (Å²) in [7, 11) is 1.55. The minimum absolute atomic E-state index is 0.128. The number of hydrogen-bond donors (Lipinski definition) is 1. The van der Waals surface area contributed by atoms with Gasteiger partial charge in [-0.2, -0.15) is 0 Å². The first-order valence-corrected chi connectivity index (χ1v) is 11.3. The van der Waals surface area contributed by atoms with E-state index in [0.29, 0.717) is 54.9 Å². The van der Waals surface area contributed by atoms with Crippen molar-refractivity contribution in [2.75, 3.05) is 38.3 Å². The highest BCUT2D eigenvalue weighted by Gasteiger charge is 2.29. The zero-order chi connectivity index (χ0) is 23.7. The summed E-state index contributed by atoms with van der Waals surface area (Å²) in [5, 5.41) is 0.305. The predicted molar refractivity (Wildman–Crippen MR) is 127 cm³/mol. The lowest BCUT2D eigenvalue weighted by molar-refractivity contribution is 0.0772. The Morgan fingerprint density at radius 1 is 1.24 bits per heavy atom. The Kier molecular flexibility index (Phi) is 6.02. The van der Waals surface area contributed by atoms with Crippen molar-refractivity contribution >= 4 is 28.9 Å². The second-order valence-electron chi connectivity index (χ2n) is 8.04. The Labute approximate surface area is 200 Å². The molecule has 2 aromatic heterocycles. The van der Waals surface area contributed by atoms with E-state index < -0.39 is 0 Å². The Hall–Kier alpha value is -3.72. The molecule has 1 aromatic carbocycles. The summed E-state index contributed by atoms with van der Waals surface area (Å²) in [6.45, 7) is 2.21. The van der Waals surface area contributed by atoms with E-state index in [0.717, 1.165) is 17.1 Å². The minimum Gasteiger partial charge on any atom is -0.493 e. The molecule has 4 heterocycles. The number of nitrogens with one attached hydrogen (secondary N) is 1. The fraction of sp³-hybridized carbons (Fsp3) is 0.292. The Bertz CT molecular complexity index is 1260. The first-order chi connectivity index (χ1) is 16.5. The second kappa shape index (κ2) is 9.26. The van der Waals surface area contributed by atoms with Gasteiger partial charge in [-0.1, -0.05) is 11.6 Å². The molecule has 1 amide bonds. The van der Waals surface area contributed by atoms with Gasteiger partial charge in [0.05, 0.1) is 43.3 Å². The maximum atomic E-state index is 12.7. The van der Waals surface area contributed by atoms with Gasteiger partial charge in [0, 0.05) is 37.4 Å². The summed E-state index contributed by atoms with van der Waals surface area (Å²) in [6.07, 6.45) is 3.72. The molecule has 3 aromatic rings. The van der Waals surface area contributed by atoms with Gasteiger partial charge in [-0.15, -0.1) is 0 Å². The molecular weight excluding hydrogens is 460 g/mol. The number of benzene rings is 1. The van der Waals surface area contributed by atoms with Crippen LogP contribution in [-0.4, -0.2) is 60.2 Å². The number of rotatable bonds is 5. The second-order valence-corrected chi connectivity index (χ2v) is 8.40. The van der Waals surface area contributed by atoms with Crippen LogP contribution in [0.1, 0.15) is 16.8 Å². The number of fused-ring (bicyclic) bond motifs is 1. The lowest BCUT2D eigenvalue weighted by Gasteiger charge is -2.31. The van der Waals surface area contributed by atoms with Crippen LogP contribution in [0.25, 0.3) is 0 Å². The molecule has 176 valence electrons. The lowest BCUT2D eigenvalue weighted by atomic mass is 10.2. The monoisotopic (exact) mass is 482 g/mol. The van der Waals surface area contributed by atoms with E-state index in [1.807, 2.05) is 24.3 Å². The highest BCUT2D eigenvalue weighted by molar-refractivity contribution is 6.30. The van der Waals surface area contributed by atoms with E-state index in [1.165, 1.54) is 18.3 Å². The summed E-state index contributed by atoms with van der Waals surface area (Å²) in [6, 6.07) is 10.4. The molecule has 34 heavy (non-hydrogen) atoms. The van der Waals surface area contributed by atoms with E-state index >= 15 is 0 Å². The summed E-state index contributed by atoms with van der Waals surface area (Å²) < 4.78 is 17.4. The largest absolute Gasteiger partial charge is 0.493 e. The molecule has 1 atom stereocenters. The third kappa shape index (κ3) is 4.38. The fourth-order valence-corrected chi connectivity index (χ4v) is 4.36. The molecule has 0 unspecified atom stereocenters. The number of methoxy groups -OCH3 is 1. The molecule has 0 radical (unpaired) electrons. The Morgan fingerprint density at radius 2 is 2.12 bits per heavy atom. The molecule has 0 spiro atoms. The van der Waals surface area contributed by atoms with Crippen molar-refractivity contribution in [3.8, 4) is 17.2 Å². The summed E-state index contributed by atoms with van der Waals surface area (Å²) in [5.41, 5.74) is 1.90. The maximum Gasteiger partial charge on any atom is 0.255 e. The Morgan fingerprint density at radius 3 is 2.91 bits per heavy atom. The van der Waals surface area contributed by atoms with Crippen LogP contribution in [0.4, 0.5) is 11.4 Å². The van der Waals surface area contributed by atoms with Crippen molar-refractivity contribution in [2.45, 2.75) is 12.5 Å². The van der Waals surface area contributed by atoms with Crippen molar-refractivity contribution in [1.29, 1.82) is 0 Å². The van der Waals surface area contributed by atoms with E-state index in [9.17, 15) is 9.59 Å². The molecule has 0 aliphatic carbocycles. The molecule has 10 heteroatoms. The van der Waals surface area contributed by atoms with Crippen LogP contribution in [0.2, 0.25) is 5.15 Å². The van der Waals surface area contributed by atoms with Crippen LogP contribution < -0.4 is 24.7 Å². The molecule has 0 saturated carbocycles. The fourth-order valence-electron chi connectivity index (χ4n) is 4.17. The van der Waals surface area contributed by atoms with Crippen molar-refractivity contribution in [2.24, 2.45) is 0 Å². The van der Waals surface area contributed by atoms with Gasteiger partial charge in [-0.05, 0) is 18.2 Å². The molecule has 1 fully saturated rings. The van der Waals surface area contributed by atoms with Crippen LogP contribution in [-0.2, 0) is 0 Å². The zero-order valence-corrected chi connectivity index (χ0v) is 19.2. The van der Waals surface area contributed by atoms with Crippen molar-refractivity contribution in [3.63, 3.8) is 0 Å². The highest BCUT2D eigenvalue weighted by Crippen LogP contribution is 2.40. The number of ether oxygens (including phenoxy) is 3. The molecule has 0 bridgehead atoms. The van der Waals surface area contributed by atoms with Gasteiger partial charge >= 0.3 is 0 Å². The van der Waals surface area contributed by atoms with Crippen molar-refractivity contribution in [3.05, 3.63) is 69.9 Å². The van der Waals surface area contributed by atoms with E-state index in [1.54, 1.807) is 18.2 Å². The number of halogens is 1. The quantitative estimate of drug-likeness (QED) is 0.557. The average molecular weight is 483 g/mol. The number of likely N-dealkylation sites (tertiary alicyclic amines) is 1. The third-order valence-electron chi connectivity index (χ3n) is 5.88. The lowest BCUT2D eigenvalue weighted by Crippen LogP contribution is -2.31. The number of nitrogens with zero attached hydrogens (tertiary/aromatic N) is 3. The van der Waals surface area contributed by atoms with E-state index in [4.69, 9.17) is 25.8 Å². The molecular formula is C24H23ClN4O5. The van der Waals surface area contributed by atoms with Crippen LogP contribution in [0.15, 0.2) is 53.6 Å². The standard InChI is InChI=1S/C24H23ClN4O5/c1-32-21-10-16(13-27-23(21)25)29-8-9-33-20-4-3-17(11-19(20)29)34-18-6-7-28(14-18)24(31)15-2-5-22(30)26-12-15/h2-5,10-13,18H,6-9,14H2,1H3,(H,26,30)/t18-/m0/s1. The molecule has 2 aliphatic rings. The van der Waals surface area contributed by atoms with Gasteiger partial charge in [-0.25, -0.2) is 4.98 Å². The molecule has 2 aliphatic heterocycles. The number of aromatic nitrogens is 2. The predicted octanol–water partition coefficient (Wildman–Crippen LogP) is 3.26. The minimum atomic E-state index is -0.238. The molecule has 1 saturated heterocycles. The van der Waals surface area contributed by atoms with Crippen LogP contribution >= 0.6 is 11.6 Å². The maximum absolute atomic E-state index is 12.7. The summed E-state index contributed by atoms with van der Waals surface area (Å²) in [5.74, 6) is 1.80. The van der Waals surface area contributed by atoms with Crippen molar-refractivity contribution < 1.29 is 19.0 Å². The SMILES string of the molecule is COc1cc(N2CCOc3ccc(O[C@H]4CCN(C(=O)c5ccc(=O)[nH]c5)C4)cc32)cnc1Cl. The topological polar surface area (TPSA) is 97.0 Å². The van der Waals surface area contributed by atoms with Gasteiger partial charge in [-0.3, -0.25) is 9.59 Å². The smallest absolute Gasteiger partial charge is 0.255 e. The summed E-state index contributed by atoms with van der Waals surface area (Å²) >= 11 is 6.09. The number of anilines is 2. The summed E-state index contributed by atoms with van der Waals surface area (Å²) in [4.78, 5) is 34.6. The van der Waals surface area contributed by atoms with Crippen LogP contribution in [0.5, 0.6) is 17.2 Å². The number of aromatic amines is 1. The van der Waals surface area contributed by atoms with Gasteiger partial charge in [0.25, 0.3) is 5.91 Å². The van der Waals surface area contributed by atoms with Gasteiger partial charge in [0.1, 0.15) is 24.2 Å².